The molecule has 128 valence electrons. The molecular weight excluding hydrogens is 306 g/mol. The third-order valence-corrected chi connectivity index (χ3v) is 3.53. The topological polar surface area (TPSA) is 78.1 Å². The van der Waals surface area contributed by atoms with E-state index in [9.17, 15) is 0 Å². The van der Waals surface area contributed by atoms with Gasteiger partial charge in [0.25, 0.3) is 0 Å². The molecule has 0 unspecified atom stereocenters. The molecule has 2 aromatic rings. The highest BCUT2D eigenvalue weighted by Gasteiger charge is 2.05. The van der Waals surface area contributed by atoms with Crippen LogP contribution in [0.1, 0.15) is 11.1 Å². The van der Waals surface area contributed by atoms with E-state index in [2.05, 4.69) is 10.3 Å². The van der Waals surface area contributed by atoms with Crippen molar-refractivity contribution in [3.05, 3.63) is 53.6 Å². The average Bonchev–Trinajstić information content (AvgIpc) is 2.64. The minimum Gasteiger partial charge on any atom is -0.496 e. The molecular formula is C18H23N3O3. The second-order valence-corrected chi connectivity index (χ2v) is 5.06. The van der Waals surface area contributed by atoms with Gasteiger partial charge >= 0.3 is 0 Å². The molecule has 2 rings (SSSR count). The van der Waals surface area contributed by atoms with Crippen molar-refractivity contribution in [2.24, 2.45) is 10.7 Å². The Morgan fingerprint density at radius 3 is 2.38 bits per heavy atom. The Morgan fingerprint density at radius 1 is 0.958 bits per heavy atom. The first kappa shape index (κ1) is 17.5. The van der Waals surface area contributed by atoms with Crippen LogP contribution in [-0.4, -0.2) is 27.3 Å². The van der Waals surface area contributed by atoms with Crippen LogP contribution in [0.25, 0.3) is 0 Å². The Hall–Kier alpha value is -2.89. The maximum atomic E-state index is 5.93. The first-order chi connectivity index (χ1) is 11.7. The van der Waals surface area contributed by atoms with Crippen LogP contribution in [0.15, 0.2) is 47.5 Å². The summed E-state index contributed by atoms with van der Waals surface area (Å²) >= 11 is 0. The number of hydrogen-bond donors (Lipinski definition) is 2. The second-order valence-electron chi connectivity index (χ2n) is 5.06. The van der Waals surface area contributed by atoms with Gasteiger partial charge in [0.05, 0.1) is 27.9 Å². The summed E-state index contributed by atoms with van der Waals surface area (Å²) in [6, 6.07) is 13.4. The highest BCUT2D eigenvalue weighted by Crippen LogP contribution is 2.27. The minimum absolute atomic E-state index is 0.371. The molecule has 0 spiro atoms. The first-order valence-electron chi connectivity index (χ1n) is 7.54. The van der Waals surface area contributed by atoms with Gasteiger partial charge in [-0.25, -0.2) is 4.99 Å². The number of nitrogens with one attached hydrogen (secondary N) is 1. The fourth-order valence-electron chi connectivity index (χ4n) is 2.25. The predicted molar refractivity (Wildman–Crippen MR) is 94.7 cm³/mol. The Balaban J connectivity index is 1.96. The zero-order chi connectivity index (χ0) is 17.4. The molecule has 0 aromatic heterocycles. The molecule has 0 saturated heterocycles. The summed E-state index contributed by atoms with van der Waals surface area (Å²) in [5.74, 6) is 2.55. The van der Waals surface area contributed by atoms with Crippen molar-refractivity contribution in [1.82, 2.24) is 5.32 Å². The smallest absolute Gasteiger partial charge is 0.189 e. The van der Waals surface area contributed by atoms with Gasteiger partial charge in [-0.2, -0.15) is 0 Å². The summed E-state index contributed by atoms with van der Waals surface area (Å²) in [6.45, 7) is 0.996. The van der Waals surface area contributed by atoms with Gasteiger partial charge in [0, 0.05) is 12.1 Å². The molecule has 0 amide bonds. The summed E-state index contributed by atoms with van der Waals surface area (Å²) in [4.78, 5) is 4.34. The first-order valence-corrected chi connectivity index (χ1v) is 7.54. The van der Waals surface area contributed by atoms with E-state index < -0.39 is 0 Å². The number of guanidine groups is 1. The van der Waals surface area contributed by atoms with Gasteiger partial charge in [-0.1, -0.05) is 24.3 Å². The van der Waals surface area contributed by atoms with Crippen molar-refractivity contribution in [2.45, 2.75) is 13.1 Å². The number of benzene rings is 2. The molecule has 6 nitrogen and oxygen atoms in total. The van der Waals surface area contributed by atoms with Crippen molar-refractivity contribution in [1.29, 1.82) is 0 Å². The summed E-state index contributed by atoms with van der Waals surface area (Å²) in [6.07, 6.45) is 0. The molecule has 0 aliphatic heterocycles. The molecule has 0 fully saturated rings. The van der Waals surface area contributed by atoms with Gasteiger partial charge < -0.3 is 25.3 Å². The van der Waals surface area contributed by atoms with Crippen molar-refractivity contribution >= 4 is 5.96 Å². The zero-order valence-electron chi connectivity index (χ0n) is 14.2. The second kappa shape index (κ2) is 8.67. The molecule has 0 aliphatic rings. The van der Waals surface area contributed by atoms with Crippen molar-refractivity contribution < 1.29 is 14.2 Å². The number of rotatable bonds is 7. The summed E-state index contributed by atoms with van der Waals surface area (Å²) in [5, 5.41) is 3.09. The lowest BCUT2D eigenvalue weighted by Crippen LogP contribution is -2.31. The van der Waals surface area contributed by atoms with Gasteiger partial charge in [0.15, 0.2) is 17.5 Å². The van der Waals surface area contributed by atoms with Crippen LogP contribution in [0, 0.1) is 0 Å². The number of ether oxygens (including phenoxy) is 3. The van der Waals surface area contributed by atoms with Gasteiger partial charge in [-0.3, -0.25) is 0 Å². The van der Waals surface area contributed by atoms with Crippen LogP contribution in [-0.2, 0) is 13.1 Å². The monoisotopic (exact) mass is 329 g/mol. The van der Waals surface area contributed by atoms with Crippen molar-refractivity contribution in [3.8, 4) is 17.2 Å². The Morgan fingerprint density at radius 2 is 1.67 bits per heavy atom. The molecule has 0 atom stereocenters. The number of aliphatic imine (C=N–C) groups is 1. The average molecular weight is 329 g/mol. The Labute approximate surface area is 142 Å². The summed E-state index contributed by atoms with van der Waals surface area (Å²) in [7, 11) is 4.86. The third-order valence-electron chi connectivity index (χ3n) is 3.53. The van der Waals surface area contributed by atoms with E-state index >= 15 is 0 Å². The van der Waals surface area contributed by atoms with Gasteiger partial charge in [0.1, 0.15) is 5.75 Å². The molecule has 2 aromatic carbocycles. The van der Waals surface area contributed by atoms with E-state index in [4.69, 9.17) is 19.9 Å². The van der Waals surface area contributed by atoms with E-state index in [-0.39, 0.29) is 0 Å². The quantitative estimate of drug-likeness (QED) is 0.602. The Kier molecular flexibility index (Phi) is 6.31. The molecule has 0 bridgehead atoms. The van der Waals surface area contributed by atoms with Crippen LogP contribution < -0.4 is 25.3 Å². The SMILES string of the molecule is COc1ccccc1CNC(N)=NCc1ccc(OC)c(OC)c1. The van der Waals surface area contributed by atoms with Gasteiger partial charge in [-0.05, 0) is 23.8 Å². The van der Waals surface area contributed by atoms with E-state index in [0.29, 0.717) is 30.5 Å². The lowest BCUT2D eigenvalue weighted by Gasteiger charge is -2.10. The lowest BCUT2D eigenvalue weighted by atomic mass is 10.2. The minimum atomic E-state index is 0.371. The number of para-hydroxylation sites is 1. The fourth-order valence-corrected chi connectivity index (χ4v) is 2.25. The molecule has 0 saturated carbocycles. The van der Waals surface area contributed by atoms with E-state index in [1.807, 2.05) is 42.5 Å². The summed E-state index contributed by atoms with van der Waals surface area (Å²) < 4.78 is 15.8. The van der Waals surface area contributed by atoms with E-state index in [1.54, 1.807) is 21.3 Å². The molecule has 0 heterocycles. The molecule has 24 heavy (non-hydrogen) atoms. The molecule has 0 aliphatic carbocycles. The van der Waals surface area contributed by atoms with Crippen molar-refractivity contribution in [3.63, 3.8) is 0 Å². The van der Waals surface area contributed by atoms with Crippen molar-refractivity contribution in [2.75, 3.05) is 21.3 Å². The van der Waals surface area contributed by atoms with Crippen LogP contribution in [0.3, 0.4) is 0 Å². The molecule has 6 heteroatoms. The van der Waals surface area contributed by atoms with Crippen LogP contribution in [0.5, 0.6) is 17.2 Å². The number of methoxy groups -OCH3 is 3. The van der Waals surface area contributed by atoms with Crippen LogP contribution in [0.2, 0.25) is 0 Å². The van der Waals surface area contributed by atoms with Gasteiger partial charge in [-0.15, -0.1) is 0 Å². The number of nitrogens with two attached hydrogens (primary N) is 1. The van der Waals surface area contributed by atoms with E-state index in [1.165, 1.54) is 0 Å². The standard InChI is InChI=1S/C18H23N3O3/c1-22-15-7-5-4-6-14(15)12-21-18(19)20-11-13-8-9-16(23-2)17(10-13)24-3/h4-10H,11-12H2,1-3H3,(H3,19,20,21). The molecule has 0 radical (unpaired) electrons. The van der Waals surface area contributed by atoms with Gasteiger partial charge in [0.2, 0.25) is 0 Å². The number of nitrogens with zero attached hydrogens (tertiary/aromatic N) is 1. The van der Waals surface area contributed by atoms with E-state index in [0.717, 1.165) is 16.9 Å². The maximum absolute atomic E-state index is 5.93. The predicted octanol–water partition coefficient (Wildman–Crippen LogP) is 2.32. The largest absolute Gasteiger partial charge is 0.496 e. The zero-order valence-corrected chi connectivity index (χ0v) is 14.2. The normalized spacial score (nSPS) is 11.0. The highest BCUT2D eigenvalue weighted by molar-refractivity contribution is 5.77. The summed E-state index contributed by atoms with van der Waals surface area (Å²) in [5.41, 5.74) is 7.93. The molecule has 3 N–H and O–H groups in total. The van der Waals surface area contributed by atoms with Crippen LogP contribution in [0.4, 0.5) is 0 Å². The third kappa shape index (κ3) is 4.55. The fraction of sp³-hybridized carbons (Fsp3) is 0.278. The maximum Gasteiger partial charge on any atom is 0.189 e. The number of hydrogen-bond acceptors (Lipinski definition) is 4. The highest BCUT2D eigenvalue weighted by atomic mass is 16.5. The Bertz CT molecular complexity index is 702. The van der Waals surface area contributed by atoms with Crippen LogP contribution >= 0.6 is 0 Å². The lowest BCUT2D eigenvalue weighted by molar-refractivity contribution is 0.354.